The van der Waals surface area contributed by atoms with Crippen LogP contribution in [-0.4, -0.2) is 78.7 Å². The highest BCUT2D eigenvalue weighted by Gasteiger charge is 2.16. The summed E-state index contributed by atoms with van der Waals surface area (Å²) in [6, 6.07) is 14.6. The zero-order valence-corrected chi connectivity index (χ0v) is 21.0. The van der Waals surface area contributed by atoms with Gasteiger partial charge in [0.25, 0.3) is 0 Å². The van der Waals surface area contributed by atoms with Crippen molar-refractivity contribution in [2.45, 2.75) is 16.5 Å². The molecule has 6 rings (SSSR count). The van der Waals surface area contributed by atoms with Gasteiger partial charge in [-0.2, -0.15) is 5.10 Å². The van der Waals surface area contributed by atoms with Crippen LogP contribution >= 0.6 is 11.8 Å². The first kappa shape index (κ1) is 23.0. The molecule has 5 heterocycles. The molecule has 0 unspecified atom stereocenters. The SMILES string of the molecule is Cn1ccc(-c2ccc3nnc(Sc4ccc5ncc(N6CCCN(CCO)CC6)cc5c4)n3c2)n1. The van der Waals surface area contributed by atoms with Crippen LogP contribution in [0.1, 0.15) is 6.42 Å². The van der Waals surface area contributed by atoms with Gasteiger partial charge in [0.15, 0.2) is 10.8 Å². The number of benzene rings is 1. The lowest BCUT2D eigenvalue weighted by Gasteiger charge is -2.23. The zero-order chi connectivity index (χ0) is 24.5. The smallest absolute Gasteiger partial charge is 0.200 e. The molecule has 1 aliphatic rings. The lowest BCUT2D eigenvalue weighted by molar-refractivity contribution is 0.204. The monoisotopic (exact) mass is 500 g/mol. The second-order valence-electron chi connectivity index (χ2n) is 9.06. The minimum absolute atomic E-state index is 0.212. The van der Waals surface area contributed by atoms with Gasteiger partial charge in [-0.3, -0.25) is 19.0 Å². The van der Waals surface area contributed by atoms with E-state index in [4.69, 9.17) is 4.98 Å². The van der Waals surface area contributed by atoms with E-state index in [0.717, 1.165) is 82.7 Å². The molecular formula is C26H28N8OS. The number of rotatable bonds is 6. The Labute approximate surface area is 213 Å². The molecule has 1 saturated heterocycles. The summed E-state index contributed by atoms with van der Waals surface area (Å²) in [6.07, 6.45) is 7.03. The molecule has 0 amide bonds. The van der Waals surface area contributed by atoms with Crippen LogP contribution in [0.3, 0.4) is 0 Å². The molecule has 5 aromatic rings. The molecule has 1 aromatic carbocycles. The number of hydrogen-bond donors (Lipinski definition) is 1. The summed E-state index contributed by atoms with van der Waals surface area (Å²) in [6.45, 7) is 4.86. The maximum absolute atomic E-state index is 9.27. The van der Waals surface area contributed by atoms with Crippen LogP contribution in [0.5, 0.6) is 0 Å². The van der Waals surface area contributed by atoms with E-state index in [1.54, 1.807) is 16.4 Å². The first-order chi connectivity index (χ1) is 17.7. The van der Waals surface area contributed by atoms with Crippen LogP contribution < -0.4 is 4.90 Å². The van der Waals surface area contributed by atoms with Crippen molar-refractivity contribution in [1.82, 2.24) is 34.3 Å². The fourth-order valence-electron chi connectivity index (χ4n) is 4.69. The van der Waals surface area contributed by atoms with Crippen molar-refractivity contribution in [3.63, 3.8) is 0 Å². The van der Waals surface area contributed by atoms with E-state index in [2.05, 4.69) is 49.4 Å². The quantitative estimate of drug-likeness (QED) is 0.380. The number of fused-ring (bicyclic) bond motifs is 2. The molecule has 1 N–H and O–H groups in total. The number of β-amino-alcohol motifs (C(OH)–C–C–N with tert-alkyl or cyclic N) is 1. The van der Waals surface area contributed by atoms with Gasteiger partial charge in [-0.15, -0.1) is 10.2 Å². The number of aromatic nitrogens is 6. The molecule has 0 spiro atoms. The molecule has 0 saturated carbocycles. The van der Waals surface area contributed by atoms with Gasteiger partial charge in [0, 0.05) is 61.5 Å². The standard InChI is InChI=1S/C26H28N8OS/c1-31-10-7-24(30-31)19-3-6-25-28-29-26(34(25)18-19)36-22-4-5-23-20(16-22)15-21(17-27-23)33-9-2-8-32(11-12-33)13-14-35/h3-7,10,15-18,35H,2,8-9,11-14H2,1H3. The summed E-state index contributed by atoms with van der Waals surface area (Å²) < 4.78 is 3.82. The molecule has 4 aromatic heterocycles. The lowest BCUT2D eigenvalue weighted by atomic mass is 10.2. The summed E-state index contributed by atoms with van der Waals surface area (Å²) >= 11 is 1.59. The molecule has 184 valence electrons. The fraction of sp³-hybridized carbons (Fsp3) is 0.308. The molecule has 0 bridgehead atoms. The average Bonchev–Trinajstić information content (AvgIpc) is 3.43. The normalized spacial score (nSPS) is 15.1. The van der Waals surface area contributed by atoms with Gasteiger partial charge >= 0.3 is 0 Å². The van der Waals surface area contributed by atoms with Crippen molar-refractivity contribution in [1.29, 1.82) is 0 Å². The highest BCUT2D eigenvalue weighted by atomic mass is 32.2. The van der Waals surface area contributed by atoms with Crippen molar-refractivity contribution < 1.29 is 5.11 Å². The predicted molar refractivity (Wildman–Crippen MR) is 141 cm³/mol. The van der Waals surface area contributed by atoms with Gasteiger partial charge in [-0.1, -0.05) is 0 Å². The lowest BCUT2D eigenvalue weighted by Crippen LogP contribution is -2.32. The average molecular weight is 501 g/mol. The second-order valence-corrected chi connectivity index (χ2v) is 10.1. The number of anilines is 1. The Balaban J connectivity index is 1.26. The third-order valence-electron chi connectivity index (χ3n) is 6.60. The van der Waals surface area contributed by atoms with E-state index in [0.29, 0.717) is 0 Å². The summed E-state index contributed by atoms with van der Waals surface area (Å²) in [5, 5.41) is 24.5. The third-order valence-corrected chi connectivity index (χ3v) is 7.55. The van der Waals surface area contributed by atoms with Crippen LogP contribution in [0.15, 0.2) is 71.1 Å². The summed E-state index contributed by atoms with van der Waals surface area (Å²) in [5.41, 5.74) is 4.86. The Hall–Kier alpha value is -3.47. The Morgan fingerprint density at radius 2 is 1.94 bits per heavy atom. The van der Waals surface area contributed by atoms with Crippen molar-refractivity contribution >= 4 is 34.0 Å². The molecule has 9 nitrogen and oxygen atoms in total. The molecule has 0 aliphatic carbocycles. The van der Waals surface area contributed by atoms with Crippen molar-refractivity contribution in [3.8, 4) is 11.3 Å². The minimum atomic E-state index is 0.212. The molecule has 0 atom stereocenters. The second kappa shape index (κ2) is 9.88. The van der Waals surface area contributed by atoms with Crippen molar-refractivity contribution in [2.24, 2.45) is 7.05 Å². The topological polar surface area (TPSA) is 87.6 Å². The van der Waals surface area contributed by atoms with Gasteiger partial charge < -0.3 is 10.0 Å². The maximum atomic E-state index is 9.27. The first-order valence-corrected chi connectivity index (χ1v) is 13.0. The Morgan fingerprint density at radius 1 is 1.00 bits per heavy atom. The molecule has 1 aliphatic heterocycles. The van der Waals surface area contributed by atoms with E-state index < -0.39 is 0 Å². The highest BCUT2D eigenvalue weighted by molar-refractivity contribution is 7.99. The van der Waals surface area contributed by atoms with Crippen LogP contribution in [0, 0.1) is 0 Å². The van der Waals surface area contributed by atoms with Crippen LogP contribution in [0.25, 0.3) is 27.8 Å². The number of pyridine rings is 2. The maximum Gasteiger partial charge on any atom is 0.200 e. The molecule has 10 heteroatoms. The van der Waals surface area contributed by atoms with E-state index >= 15 is 0 Å². The highest BCUT2D eigenvalue weighted by Crippen LogP contribution is 2.31. The van der Waals surface area contributed by atoms with Crippen molar-refractivity contribution in [2.75, 3.05) is 44.2 Å². The third kappa shape index (κ3) is 4.67. The Bertz CT molecular complexity index is 1510. The zero-order valence-electron chi connectivity index (χ0n) is 20.2. The first-order valence-electron chi connectivity index (χ1n) is 12.2. The van der Waals surface area contributed by atoms with Gasteiger partial charge in [-0.25, -0.2) is 0 Å². The molecular weight excluding hydrogens is 472 g/mol. The van der Waals surface area contributed by atoms with Gasteiger partial charge in [0.2, 0.25) is 0 Å². The minimum Gasteiger partial charge on any atom is -0.395 e. The molecule has 0 radical (unpaired) electrons. The summed E-state index contributed by atoms with van der Waals surface area (Å²) in [7, 11) is 1.92. The number of hydrogen-bond acceptors (Lipinski definition) is 8. The van der Waals surface area contributed by atoms with E-state index in [9.17, 15) is 5.11 Å². The van der Waals surface area contributed by atoms with Crippen LogP contribution in [0.4, 0.5) is 5.69 Å². The Morgan fingerprint density at radius 3 is 2.81 bits per heavy atom. The molecule has 36 heavy (non-hydrogen) atoms. The van der Waals surface area contributed by atoms with Crippen LogP contribution in [0.2, 0.25) is 0 Å². The molecule has 1 fully saturated rings. The van der Waals surface area contributed by atoms with Gasteiger partial charge in [-0.05, 0) is 67.2 Å². The van der Waals surface area contributed by atoms with E-state index in [-0.39, 0.29) is 6.61 Å². The van der Waals surface area contributed by atoms with E-state index in [1.807, 2.05) is 48.2 Å². The number of aliphatic hydroxyl groups excluding tert-OH is 1. The van der Waals surface area contributed by atoms with E-state index in [1.165, 1.54) is 0 Å². The Kier molecular flexibility index (Phi) is 6.30. The number of aliphatic hydroxyl groups is 1. The van der Waals surface area contributed by atoms with Gasteiger partial charge in [0.1, 0.15) is 0 Å². The van der Waals surface area contributed by atoms with Crippen molar-refractivity contribution in [3.05, 3.63) is 61.1 Å². The predicted octanol–water partition coefficient (Wildman–Crippen LogP) is 3.33. The summed E-state index contributed by atoms with van der Waals surface area (Å²) in [4.78, 5) is 10.5. The van der Waals surface area contributed by atoms with Gasteiger partial charge in [0.05, 0.1) is 29.7 Å². The summed E-state index contributed by atoms with van der Waals surface area (Å²) in [5.74, 6) is 0. The van der Waals surface area contributed by atoms with Crippen LogP contribution in [-0.2, 0) is 7.05 Å². The fourth-order valence-corrected chi connectivity index (χ4v) is 5.55. The number of aryl methyl sites for hydroxylation is 1. The largest absolute Gasteiger partial charge is 0.395 e. The number of nitrogens with zero attached hydrogens (tertiary/aromatic N) is 8.